The fourth-order valence-corrected chi connectivity index (χ4v) is 4.55. The Morgan fingerprint density at radius 3 is 2.37 bits per heavy atom. The summed E-state index contributed by atoms with van der Waals surface area (Å²) >= 11 is 0. The molecule has 0 N–H and O–H groups in total. The van der Waals surface area contributed by atoms with Gasteiger partial charge in [0.1, 0.15) is 0 Å². The standard InChI is InChI=1S/C22H32N4O/c1-19(25-13-15-27-16-14-25)20-7-11-24(12-8-20)17-21-5-2-3-6-22(21)18-26-10-4-9-23-26/h2-6,9-10,19-20H,7-8,11-18H2,1H3. The van der Waals surface area contributed by atoms with E-state index in [0.717, 1.165) is 45.3 Å². The van der Waals surface area contributed by atoms with Crippen molar-refractivity contribution in [1.29, 1.82) is 0 Å². The van der Waals surface area contributed by atoms with Crippen LogP contribution in [0.25, 0.3) is 0 Å². The quantitative estimate of drug-likeness (QED) is 0.785. The molecule has 2 aromatic rings. The minimum absolute atomic E-state index is 0.683. The second-order valence-corrected chi connectivity index (χ2v) is 7.97. The van der Waals surface area contributed by atoms with Crippen LogP contribution < -0.4 is 0 Å². The Hall–Kier alpha value is -1.69. The van der Waals surface area contributed by atoms with Gasteiger partial charge in [0, 0.05) is 38.1 Å². The summed E-state index contributed by atoms with van der Waals surface area (Å²) in [6.07, 6.45) is 6.50. The van der Waals surface area contributed by atoms with E-state index in [0.29, 0.717) is 6.04 Å². The number of hydrogen-bond donors (Lipinski definition) is 0. The Bertz CT molecular complexity index is 688. The highest BCUT2D eigenvalue weighted by Gasteiger charge is 2.28. The molecule has 2 aliphatic rings. The molecule has 1 atom stereocenters. The van der Waals surface area contributed by atoms with E-state index in [-0.39, 0.29) is 0 Å². The van der Waals surface area contributed by atoms with Gasteiger partial charge in [0.15, 0.2) is 0 Å². The van der Waals surface area contributed by atoms with E-state index in [2.05, 4.69) is 46.1 Å². The predicted octanol–water partition coefficient (Wildman–Crippen LogP) is 2.86. The van der Waals surface area contributed by atoms with Gasteiger partial charge in [-0.25, -0.2) is 0 Å². The Labute approximate surface area is 162 Å². The third-order valence-electron chi connectivity index (χ3n) is 6.34. The zero-order chi connectivity index (χ0) is 18.5. The van der Waals surface area contributed by atoms with Crippen LogP contribution in [0.2, 0.25) is 0 Å². The first kappa shape index (κ1) is 18.7. The largest absolute Gasteiger partial charge is 0.379 e. The van der Waals surface area contributed by atoms with Gasteiger partial charge in [-0.05, 0) is 56.0 Å². The molecule has 0 spiro atoms. The maximum atomic E-state index is 5.51. The van der Waals surface area contributed by atoms with Crippen LogP contribution in [0.1, 0.15) is 30.9 Å². The molecule has 1 aromatic carbocycles. The maximum Gasteiger partial charge on any atom is 0.0662 e. The summed E-state index contributed by atoms with van der Waals surface area (Å²) in [6, 6.07) is 11.5. The molecule has 1 aromatic heterocycles. The smallest absolute Gasteiger partial charge is 0.0662 e. The monoisotopic (exact) mass is 368 g/mol. The molecule has 3 heterocycles. The molecule has 2 saturated heterocycles. The van der Waals surface area contributed by atoms with Gasteiger partial charge < -0.3 is 4.74 Å². The fourth-order valence-electron chi connectivity index (χ4n) is 4.55. The summed E-state index contributed by atoms with van der Waals surface area (Å²) in [4.78, 5) is 5.26. The van der Waals surface area contributed by atoms with Crippen LogP contribution in [-0.2, 0) is 17.8 Å². The van der Waals surface area contributed by atoms with E-state index in [9.17, 15) is 0 Å². The number of benzene rings is 1. The molecular formula is C22H32N4O. The fraction of sp³-hybridized carbons (Fsp3) is 0.591. The average Bonchev–Trinajstić information content (AvgIpc) is 3.23. The first-order valence-corrected chi connectivity index (χ1v) is 10.4. The van der Waals surface area contributed by atoms with Gasteiger partial charge >= 0.3 is 0 Å². The van der Waals surface area contributed by atoms with Gasteiger partial charge in [0.2, 0.25) is 0 Å². The van der Waals surface area contributed by atoms with E-state index < -0.39 is 0 Å². The Morgan fingerprint density at radius 2 is 1.70 bits per heavy atom. The summed E-state index contributed by atoms with van der Waals surface area (Å²) < 4.78 is 7.52. The third-order valence-corrected chi connectivity index (χ3v) is 6.34. The van der Waals surface area contributed by atoms with E-state index >= 15 is 0 Å². The summed E-state index contributed by atoms with van der Waals surface area (Å²) in [5, 5.41) is 4.36. The Balaban J connectivity index is 1.31. The van der Waals surface area contributed by atoms with Crippen molar-refractivity contribution in [2.24, 2.45) is 5.92 Å². The number of ether oxygens (including phenoxy) is 1. The lowest BCUT2D eigenvalue weighted by Crippen LogP contribution is -2.48. The lowest BCUT2D eigenvalue weighted by Gasteiger charge is -2.41. The molecule has 146 valence electrons. The normalized spacial score (nSPS) is 21.4. The molecule has 5 heteroatoms. The third kappa shape index (κ3) is 4.78. The van der Waals surface area contributed by atoms with Crippen molar-refractivity contribution in [3.05, 3.63) is 53.9 Å². The molecule has 1 unspecified atom stereocenters. The van der Waals surface area contributed by atoms with Crippen molar-refractivity contribution in [2.75, 3.05) is 39.4 Å². The molecule has 0 radical (unpaired) electrons. The second kappa shape index (κ2) is 9.00. The molecule has 0 aliphatic carbocycles. The maximum absolute atomic E-state index is 5.51. The van der Waals surface area contributed by atoms with Crippen LogP contribution in [0.15, 0.2) is 42.7 Å². The van der Waals surface area contributed by atoms with Gasteiger partial charge in [-0.2, -0.15) is 5.10 Å². The molecule has 2 aliphatic heterocycles. The van der Waals surface area contributed by atoms with Crippen molar-refractivity contribution < 1.29 is 4.74 Å². The minimum atomic E-state index is 0.683. The van der Waals surface area contributed by atoms with E-state index in [4.69, 9.17) is 4.74 Å². The summed E-state index contributed by atoms with van der Waals surface area (Å²) in [5.74, 6) is 0.818. The Morgan fingerprint density at radius 1 is 1.00 bits per heavy atom. The van der Waals surface area contributed by atoms with Gasteiger partial charge in [-0.3, -0.25) is 14.5 Å². The molecule has 0 bridgehead atoms. The van der Waals surface area contributed by atoms with Crippen molar-refractivity contribution in [3.63, 3.8) is 0 Å². The first-order chi connectivity index (χ1) is 13.3. The average molecular weight is 369 g/mol. The second-order valence-electron chi connectivity index (χ2n) is 7.97. The highest BCUT2D eigenvalue weighted by molar-refractivity contribution is 5.27. The van der Waals surface area contributed by atoms with E-state index in [1.165, 1.54) is 37.1 Å². The molecule has 5 nitrogen and oxygen atoms in total. The van der Waals surface area contributed by atoms with E-state index in [1.54, 1.807) is 0 Å². The first-order valence-electron chi connectivity index (χ1n) is 10.4. The number of hydrogen-bond acceptors (Lipinski definition) is 4. The number of nitrogens with zero attached hydrogens (tertiary/aromatic N) is 4. The molecule has 4 rings (SSSR count). The lowest BCUT2D eigenvalue weighted by molar-refractivity contribution is -0.00193. The SMILES string of the molecule is CC(C1CCN(Cc2ccccc2Cn2cccn2)CC1)N1CCOCC1. The van der Waals surface area contributed by atoms with Crippen LogP contribution in [0.4, 0.5) is 0 Å². The van der Waals surface area contributed by atoms with Crippen molar-refractivity contribution >= 4 is 0 Å². The number of piperidine rings is 1. The van der Waals surface area contributed by atoms with E-state index in [1.807, 2.05) is 23.1 Å². The van der Waals surface area contributed by atoms with Crippen LogP contribution in [-0.4, -0.2) is 65.0 Å². The van der Waals surface area contributed by atoms with Gasteiger partial charge in [0.25, 0.3) is 0 Å². The molecule has 0 amide bonds. The number of likely N-dealkylation sites (tertiary alicyclic amines) is 1. The number of morpholine rings is 1. The van der Waals surface area contributed by atoms with Crippen LogP contribution in [0.3, 0.4) is 0 Å². The van der Waals surface area contributed by atoms with Crippen LogP contribution in [0, 0.1) is 5.92 Å². The molecule has 27 heavy (non-hydrogen) atoms. The van der Waals surface area contributed by atoms with Crippen molar-refractivity contribution in [3.8, 4) is 0 Å². The zero-order valence-corrected chi connectivity index (χ0v) is 16.5. The lowest BCUT2D eigenvalue weighted by atomic mass is 9.89. The van der Waals surface area contributed by atoms with Gasteiger partial charge in [0.05, 0.1) is 19.8 Å². The predicted molar refractivity (Wildman–Crippen MR) is 108 cm³/mol. The summed E-state index contributed by atoms with van der Waals surface area (Å²) in [6.45, 7) is 10.7. The highest BCUT2D eigenvalue weighted by Crippen LogP contribution is 2.26. The molecule has 0 saturated carbocycles. The number of aromatic nitrogens is 2. The minimum Gasteiger partial charge on any atom is -0.379 e. The zero-order valence-electron chi connectivity index (χ0n) is 16.5. The van der Waals surface area contributed by atoms with Crippen LogP contribution in [0.5, 0.6) is 0 Å². The van der Waals surface area contributed by atoms with Gasteiger partial charge in [-0.15, -0.1) is 0 Å². The van der Waals surface area contributed by atoms with Crippen LogP contribution >= 0.6 is 0 Å². The summed E-state index contributed by atoms with van der Waals surface area (Å²) in [5.41, 5.74) is 2.82. The van der Waals surface area contributed by atoms with Crippen molar-refractivity contribution in [2.45, 2.75) is 38.9 Å². The molecule has 2 fully saturated rings. The topological polar surface area (TPSA) is 33.5 Å². The van der Waals surface area contributed by atoms with Gasteiger partial charge in [-0.1, -0.05) is 24.3 Å². The Kier molecular flexibility index (Phi) is 6.22. The molecular weight excluding hydrogens is 336 g/mol. The highest BCUT2D eigenvalue weighted by atomic mass is 16.5. The van der Waals surface area contributed by atoms with Crippen molar-refractivity contribution in [1.82, 2.24) is 19.6 Å². The number of rotatable bonds is 6. The summed E-state index contributed by atoms with van der Waals surface area (Å²) in [7, 11) is 0.